The van der Waals surface area contributed by atoms with E-state index in [4.69, 9.17) is 4.79 Å². The van der Waals surface area contributed by atoms with E-state index in [0.717, 1.165) is 28.1 Å². The van der Waals surface area contributed by atoms with Crippen molar-refractivity contribution in [1.82, 2.24) is 9.78 Å². The van der Waals surface area contributed by atoms with Crippen LogP contribution < -0.4 is 0 Å². The molecular weight excluding hydrogens is 304 g/mol. The first-order chi connectivity index (χ1) is 11.5. The van der Waals surface area contributed by atoms with Gasteiger partial charge in [-0.1, -0.05) is 47.5 Å². The molecular formula is C19H18N2O3. The van der Waals surface area contributed by atoms with Crippen LogP contribution >= 0.6 is 0 Å². The lowest BCUT2D eigenvalue weighted by atomic mass is 10.1. The zero-order valence-electron chi connectivity index (χ0n) is 13.6. The fourth-order valence-electron chi connectivity index (χ4n) is 2.30. The molecule has 5 heteroatoms. The van der Waals surface area contributed by atoms with Crippen molar-refractivity contribution in [3.63, 3.8) is 0 Å². The Bertz CT molecular complexity index is 771. The molecule has 122 valence electrons. The smallest absolute Gasteiger partial charge is 0.356 e. The van der Waals surface area contributed by atoms with Gasteiger partial charge in [0.05, 0.1) is 11.4 Å². The van der Waals surface area contributed by atoms with Crippen LogP contribution in [0.3, 0.4) is 0 Å². The van der Waals surface area contributed by atoms with Crippen molar-refractivity contribution in [3.8, 4) is 16.9 Å². The van der Waals surface area contributed by atoms with Crippen molar-refractivity contribution in [2.45, 2.75) is 13.8 Å². The highest BCUT2D eigenvalue weighted by atomic mass is 16.4. The van der Waals surface area contributed by atoms with Gasteiger partial charge in [0, 0.05) is 5.56 Å². The summed E-state index contributed by atoms with van der Waals surface area (Å²) in [5.41, 5.74) is 4.88. The predicted molar refractivity (Wildman–Crippen MR) is 92.6 cm³/mol. The van der Waals surface area contributed by atoms with Crippen LogP contribution in [0, 0.1) is 13.8 Å². The van der Waals surface area contributed by atoms with Gasteiger partial charge < -0.3 is 9.90 Å². The summed E-state index contributed by atoms with van der Waals surface area (Å²) >= 11 is 0. The van der Waals surface area contributed by atoms with E-state index in [1.807, 2.05) is 69.2 Å². The molecule has 24 heavy (non-hydrogen) atoms. The Kier molecular flexibility index (Phi) is 5.27. The Labute approximate surface area is 140 Å². The van der Waals surface area contributed by atoms with Crippen LogP contribution in [0.15, 0.2) is 54.6 Å². The van der Waals surface area contributed by atoms with Gasteiger partial charge in [0.2, 0.25) is 0 Å². The Morgan fingerprint density at radius 2 is 1.46 bits per heavy atom. The quantitative estimate of drug-likeness (QED) is 0.798. The third-order valence-corrected chi connectivity index (χ3v) is 3.55. The van der Waals surface area contributed by atoms with Crippen molar-refractivity contribution < 1.29 is 14.7 Å². The highest BCUT2D eigenvalue weighted by molar-refractivity contribution is 5.87. The number of hydrogen-bond acceptors (Lipinski definition) is 3. The zero-order valence-corrected chi connectivity index (χ0v) is 13.6. The lowest BCUT2D eigenvalue weighted by Gasteiger charge is -2.08. The van der Waals surface area contributed by atoms with Crippen molar-refractivity contribution in [2.75, 3.05) is 0 Å². The minimum atomic E-state index is -1.03. The normalized spacial score (nSPS) is 9.92. The Hall–Kier alpha value is -3.21. The second kappa shape index (κ2) is 7.37. The topological polar surface area (TPSA) is 72.2 Å². The van der Waals surface area contributed by atoms with Gasteiger partial charge in [-0.2, -0.15) is 5.10 Å². The summed E-state index contributed by atoms with van der Waals surface area (Å²) in [6.07, 6.45) is 0. The highest BCUT2D eigenvalue weighted by Crippen LogP contribution is 2.24. The molecule has 0 radical (unpaired) electrons. The molecule has 0 amide bonds. The van der Waals surface area contributed by atoms with E-state index >= 15 is 0 Å². The number of carbonyl (C=O) groups is 2. The average molecular weight is 322 g/mol. The van der Waals surface area contributed by atoms with Gasteiger partial charge in [-0.05, 0) is 32.0 Å². The first kappa shape index (κ1) is 17.1. The van der Waals surface area contributed by atoms with Gasteiger partial charge in [0.1, 0.15) is 6.79 Å². The molecule has 0 aliphatic heterocycles. The van der Waals surface area contributed by atoms with E-state index < -0.39 is 5.97 Å². The van der Waals surface area contributed by atoms with E-state index in [2.05, 4.69) is 5.10 Å². The van der Waals surface area contributed by atoms with Crippen LogP contribution in [0.4, 0.5) is 0 Å². The molecule has 1 heterocycles. The summed E-state index contributed by atoms with van der Waals surface area (Å²) in [4.78, 5) is 19.3. The molecule has 0 aliphatic rings. The van der Waals surface area contributed by atoms with Crippen LogP contribution in [0.5, 0.6) is 0 Å². The van der Waals surface area contributed by atoms with Crippen LogP contribution in [-0.4, -0.2) is 27.6 Å². The summed E-state index contributed by atoms with van der Waals surface area (Å²) in [6, 6.07) is 17.4. The predicted octanol–water partition coefficient (Wildman–Crippen LogP) is 3.67. The number of carboxylic acid groups (broad SMARTS) is 1. The molecule has 3 rings (SSSR count). The Balaban J connectivity index is 0.00000100. The number of aromatic carboxylic acids is 1. The number of carboxylic acids is 1. The van der Waals surface area contributed by atoms with Crippen molar-refractivity contribution >= 4 is 12.8 Å². The number of hydrogen-bond donors (Lipinski definition) is 1. The molecule has 0 aliphatic carbocycles. The van der Waals surface area contributed by atoms with Crippen molar-refractivity contribution in [3.05, 3.63) is 71.4 Å². The first-order valence-electron chi connectivity index (χ1n) is 7.31. The van der Waals surface area contributed by atoms with Crippen molar-refractivity contribution in [2.24, 2.45) is 0 Å². The fraction of sp³-hybridized carbons (Fsp3) is 0.105. The lowest BCUT2D eigenvalue weighted by Crippen LogP contribution is -2.02. The third-order valence-electron chi connectivity index (χ3n) is 3.55. The standard InChI is InChI=1S/C18H16N2O2.CH2O/c1-12-3-7-14(8-4-12)17-11-16(18(21)22)19-20(17)15-9-5-13(2)6-10-15;1-2/h3-11H,1-2H3,(H,21,22);1H2. The largest absolute Gasteiger partial charge is 0.476 e. The number of nitrogens with zero attached hydrogens (tertiary/aromatic N) is 2. The molecule has 1 N–H and O–H groups in total. The lowest BCUT2D eigenvalue weighted by molar-refractivity contribution is -0.0980. The summed E-state index contributed by atoms with van der Waals surface area (Å²) in [5, 5.41) is 13.5. The number of rotatable bonds is 3. The van der Waals surface area contributed by atoms with E-state index in [0.29, 0.717) is 0 Å². The monoisotopic (exact) mass is 322 g/mol. The van der Waals surface area contributed by atoms with Gasteiger partial charge in [-0.3, -0.25) is 0 Å². The van der Waals surface area contributed by atoms with Crippen LogP contribution in [0.25, 0.3) is 16.9 Å². The molecule has 3 aromatic rings. The molecule has 0 bridgehead atoms. The molecule has 0 saturated carbocycles. The van der Waals surface area contributed by atoms with Gasteiger partial charge in [-0.15, -0.1) is 0 Å². The van der Waals surface area contributed by atoms with Gasteiger partial charge >= 0.3 is 5.97 Å². The molecule has 2 aromatic carbocycles. The SMILES string of the molecule is C=O.Cc1ccc(-c2cc(C(=O)O)nn2-c2ccc(C)cc2)cc1. The van der Waals surface area contributed by atoms with E-state index in [9.17, 15) is 9.90 Å². The second-order valence-electron chi connectivity index (χ2n) is 5.33. The van der Waals surface area contributed by atoms with Crippen LogP contribution in [-0.2, 0) is 4.79 Å². The summed E-state index contributed by atoms with van der Waals surface area (Å²) in [7, 11) is 0. The Morgan fingerprint density at radius 3 is 1.96 bits per heavy atom. The molecule has 1 aromatic heterocycles. The number of benzene rings is 2. The van der Waals surface area contributed by atoms with Crippen LogP contribution in [0.2, 0.25) is 0 Å². The molecule has 0 unspecified atom stereocenters. The maximum Gasteiger partial charge on any atom is 0.356 e. The minimum Gasteiger partial charge on any atom is -0.476 e. The maximum absolute atomic E-state index is 11.3. The number of aromatic nitrogens is 2. The third kappa shape index (κ3) is 3.57. The minimum absolute atomic E-state index is 0.0381. The maximum atomic E-state index is 11.3. The highest BCUT2D eigenvalue weighted by Gasteiger charge is 2.15. The van der Waals surface area contributed by atoms with E-state index in [1.165, 1.54) is 0 Å². The fourth-order valence-corrected chi connectivity index (χ4v) is 2.30. The average Bonchev–Trinajstić information content (AvgIpc) is 3.04. The van der Waals surface area contributed by atoms with Gasteiger partial charge in [0.25, 0.3) is 0 Å². The summed E-state index contributed by atoms with van der Waals surface area (Å²) in [6.45, 7) is 6.03. The zero-order chi connectivity index (χ0) is 17.7. The molecule has 5 nitrogen and oxygen atoms in total. The summed E-state index contributed by atoms with van der Waals surface area (Å²) in [5.74, 6) is -1.03. The Morgan fingerprint density at radius 1 is 0.958 bits per heavy atom. The molecule has 0 saturated heterocycles. The number of carbonyl (C=O) groups excluding carboxylic acids is 1. The summed E-state index contributed by atoms with van der Waals surface area (Å²) < 4.78 is 1.67. The second-order valence-corrected chi connectivity index (χ2v) is 5.33. The van der Waals surface area contributed by atoms with Crippen molar-refractivity contribution in [1.29, 1.82) is 0 Å². The van der Waals surface area contributed by atoms with Gasteiger partial charge in [0.15, 0.2) is 5.69 Å². The van der Waals surface area contributed by atoms with Crippen LogP contribution in [0.1, 0.15) is 21.6 Å². The molecule has 0 spiro atoms. The van der Waals surface area contributed by atoms with Gasteiger partial charge in [-0.25, -0.2) is 9.48 Å². The van der Waals surface area contributed by atoms with E-state index in [1.54, 1.807) is 10.7 Å². The molecule has 0 fully saturated rings. The molecule has 0 atom stereocenters. The van der Waals surface area contributed by atoms with E-state index in [-0.39, 0.29) is 5.69 Å². The first-order valence-corrected chi connectivity index (χ1v) is 7.31. The number of aryl methyl sites for hydroxylation is 2.